The fourth-order valence-corrected chi connectivity index (χ4v) is 2.97. The van der Waals surface area contributed by atoms with Crippen molar-refractivity contribution >= 4 is 11.6 Å². The number of rotatable bonds is 4. The van der Waals surface area contributed by atoms with E-state index in [1.54, 1.807) is 0 Å². The van der Waals surface area contributed by atoms with E-state index >= 15 is 0 Å². The molecule has 2 heteroatoms. The van der Waals surface area contributed by atoms with Gasteiger partial charge >= 0.3 is 0 Å². The van der Waals surface area contributed by atoms with Gasteiger partial charge < -0.3 is 9.84 Å². The van der Waals surface area contributed by atoms with E-state index in [0.717, 1.165) is 12.2 Å². The fraction of sp³-hybridized carbons (Fsp3) is 0.263. The molecule has 0 aromatic heterocycles. The van der Waals surface area contributed by atoms with Crippen LogP contribution in [0, 0.1) is 0 Å². The molecule has 0 heterocycles. The van der Waals surface area contributed by atoms with Crippen molar-refractivity contribution in [3.05, 3.63) is 70.0 Å². The van der Waals surface area contributed by atoms with Gasteiger partial charge in [-0.1, -0.05) is 29.8 Å². The predicted octanol–water partition coefficient (Wildman–Crippen LogP) is 4.10. The van der Waals surface area contributed by atoms with Gasteiger partial charge in [0, 0.05) is 0 Å². The van der Waals surface area contributed by atoms with Crippen molar-refractivity contribution in [3.8, 4) is 0 Å². The third-order valence-electron chi connectivity index (χ3n) is 3.84. The lowest BCUT2D eigenvalue weighted by atomic mass is 9.93. The molecular weight excluding hydrogens is 260 g/mol. The molecule has 21 heavy (non-hydrogen) atoms. The maximum absolute atomic E-state index is 8.85. The number of benzene rings is 1. The van der Waals surface area contributed by atoms with Crippen molar-refractivity contribution in [2.75, 3.05) is 13.2 Å². The molecule has 1 aromatic rings. The molecule has 3 rings (SSSR count). The van der Waals surface area contributed by atoms with Gasteiger partial charge in [-0.25, -0.2) is 0 Å². The van der Waals surface area contributed by atoms with Crippen LogP contribution in [0.3, 0.4) is 0 Å². The van der Waals surface area contributed by atoms with Gasteiger partial charge in [0.2, 0.25) is 0 Å². The van der Waals surface area contributed by atoms with E-state index in [4.69, 9.17) is 9.84 Å². The summed E-state index contributed by atoms with van der Waals surface area (Å²) in [7, 11) is 0. The van der Waals surface area contributed by atoms with E-state index in [9.17, 15) is 0 Å². The zero-order chi connectivity index (χ0) is 14.8. The topological polar surface area (TPSA) is 29.5 Å². The Kier molecular flexibility index (Phi) is 3.80. The molecule has 0 saturated carbocycles. The van der Waals surface area contributed by atoms with Crippen LogP contribution in [0.4, 0.5) is 0 Å². The Morgan fingerprint density at radius 2 is 2.00 bits per heavy atom. The number of ether oxygens (including phenoxy) is 1. The summed E-state index contributed by atoms with van der Waals surface area (Å²) in [5.74, 6) is 0.865. The van der Waals surface area contributed by atoms with Gasteiger partial charge in [-0.2, -0.15) is 0 Å². The lowest BCUT2D eigenvalue weighted by molar-refractivity contribution is 0.152. The molecule has 1 N–H and O–H groups in total. The van der Waals surface area contributed by atoms with Gasteiger partial charge in [0.1, 0.15) is 12.4 Å². The minimum absolute atomic E-state index is 0.0495. The summed E-state index contributed by atoms with van der Waals surface area (Å²) in [5, 5.41) is 8.85. The molecule has 0 aliphatic heterocycles. The van der Waals surface area contributed by atoms with E-state index < -0.39 is 0 Å². The summed E-state index contributed by atoms with van der Waals surface area (Å²) in [6.45, 7) is 4.73. The Morgan fingerprint density at radius 3 is 2.76 bits per heavy atom. The van der Waals surface area contributed by atoms with E-state index in [2.05, 4.69) is 56.3 Å². The summed E-state index contributed by atoms with van der Waals surface area (Å²) in [6, 6.07) is 8.53. The number of aliphatic hydroxyl groups excluding tert-OH is 1. The van der Waals surface area contributed by atoms with Crippen molar-refractivity contribution in [2.24, 2.45) is 0 Å². The Labute approximate surface area is 125 Å². The molecule has 0 bridgehead atoms. The van der Waals surface area contributed by atoms with Crippen LogP contribution in [0.1, 0.15) is 31.4 Å². The van der Waals surface area contributed by atoms with Gasteiger partial charge in [-0.05, 0) is 66.3 Å². The molecular formula is C19H20O2. The van der Waals surface area contributed by atoms with Crippen LogP contribution in [0.5, 0.6) is 0 Å². The number of hydrogen-bond acceptors (Lipinski definition) is 2. The van der Waals surface area contributed by atoms with Gasteiger partial charge in [0.15, 0.2) is 0 Å². The van der Waals surface area contributed by atoms with E-state index in [-0.39, 0.29) is 6.61 Å². The Balaban J connectivity index is 1.93. The maximum atomic E-state index is 8.85. The Morgan fingerprint density at radius 1 is 1.19 bits per heavy atom. The second kappa shape index (κ2) is 5.74. The summed E-state index contributed by atoms with van der Waals surface area (Å²) in [4.78, 5) is 0. The van der Waals surface area contributed by atoms with Crippen LogP contribution >= 0.6 is 0 Å². The normalized spacial score (nSPS) is 16.3. The maximum Gasteiger partial charge on any atom is 0.116 e. The van der Waals surface area contributed by atoms with Crippen LogP contribution in [0.2, 0.25) is 0 Å². The van der Waals surface area contributed by atoms with E-state index in [1.165, 1.54) is 33.4 Å². The molecule has 1 aromatic carbocycles. The smallest absolute Gasteiger partial charge is 0.116 e. The monoisotopic (exact) mass is 280 g/mol. The second-order valence-electron chi connectivity index (χ2n) is 5.57. The third-order valence-corrected chi connectivity index (χ3v) is 3.84. The highest BCUT2D eigenvalue weighted by molar-refractivity contribution is 5.99. The Bertz CT molecular complexity index is 683. The molecule has 0 saturated heterocycles. The summed E-state index contributed by atoms with van der Waals surface area (Å²) in [5.41, 5.74) is 7.86. The molecule has 2 aliphatic carbocycles. The van der Waals surface area contributed by atoms with Gasteiger partial charge in [-0.15, -0.1) is 0 Å². The summed E-state index contributed by atoms with van der Waals surface area (Å²) >= 11 is 0. The van der Waals surface area contributed by atoms with Crippen molar-refractivity contribution in [1.29, 1.82) is 0 Å². The van der Waals surface area contributed by atoms with Crippen molar-refractivity contribution < 1.29 is 9.84 Å². The van der Waals surface area contributed by atoms with Crippen molar-refractivity contribution in [1.82, 2.24) is 0 Å². The molecule has 2 aliphatic rings. The average Bonchev–Trinajstić information content (AvgIpc) is 3.08. The molecule has 0 spiro atoms. The largest absolute Gasteiger partial charge is 0.492 e. The molecule has 0 radical (unpaired) electrons. The highest BCUT2D eigenvalue weighted by Crippen LogP contribution is 2.43. The highest BCUT2D eigenvalue weighted by atomic mass is 16.5. The zero-order valence-corrected chi connectivity index (χ0v) is 12.5. The number of fused-ring (bicyclic) bond motifs is 1. The number of aliphatic hydroxyl groups is 1. The quantitative estimate of drug-likeness (QED) is 0.899. The molecule has 108 valence electrons. The van der Waals surface area contributed by atoms with Crippen LogP contribution in [0.15, 0.2) is 58.9 Å². The van der Waals surface area contributed by atoms with Gasteiger partial charge in [0.25, 0.3) is 0 Å². The fourth-order valence-electron chi connectivity index (χ4n) is 2.97. The van der Waals surface area contributed by atoms with E-state index in [1.807, 2.05) is 0 Å². The highest BCUT2D eigenvalue weighted by Gasteiger charge is 2.23. The minimum atomic E-state index is 0.0495. The zero-order valence-electron chi connectivity index (χ0n) is 12.5. The lowest BCUT2D eigenvalue weighted by Gasteiger charge is -2.11. The number of hydrogen-bond donors (Lipinski definition) is 1. The van der Waals surface area contributed by atoms with Gasteiger partial charge in [0.05, 0.1) is 6.61 Å². The van der Waals surface area contributed by atoms with Crippen LogP contribution in [0.25, 0.3) is 11.6 Å². The van der Waals surface area contributed by atoms with Crippen molar-refractivity contribution in [3.63, 3.8) is 0 Å². The first-order valence-corrected chi connectivity index (χ1v) is 7.34. The third kappa shape index (κ3) is 2.59. The van der Waals surface area contributed by atoms with Gasteiger partial charge in [-0.3, -0.25) is 0 Å². The summed E-state index contributed by atoms with van der Waals surface area (Å²) in [6.07, 6.45) is 7.33. The molecule has 0 atom stereocenters. The van der Waals surface area contributed by atoms with Crippen molar-refractivity contribution in [2.45, 2.75) is 20.3 Å². The minimum Gasteiger partial charge on any atom is -0.492 e. The molecule has 0 fully saturated rings. The predicted molar refractivity (Wildman–Crippen MR) is 86.5 cm³/mol. The summed E-state index contributed by atoms with van der Waals surface area (Å²) < 4.78 is 5.51. The molecule has 0 unspecified atom stereocenters. The lowest BCUT2D eigenvalue weighted by Crippen LogP contribution is -1.96. The van der Waals surface area contributed by atoms with Crippen LogP contribution in [-0.4, -0.2) is 18.3 Å². The first kappa shape index (κ1) is 13.9. The van der Waals surface area contributed by atoms with E-state index in [0.29, 0.717) is 6.61 Å². The van der Waals surface area contributed by atoms with Crippen LogP contribution < -0.4 is 0 Å². The standard InChI is InChI=1S/C19H20O2/c1-13(2)19-17-6-4-3-5-14(17)12-18(19)15-7-8-16(11-15)21-10-9-20/h3-6,8,11-12,20H,7,9-10H2,1-2H3. The Hall–Kier alpha value is -2.06. The SMILES string of the molecule is CC(C)=C1C(C2=CC(OCCO)=CC2)=Cc2ccccc21. The molecule has 2 nitrogen and oxygen atoms in total. The molecule has 0 amide bonds. The first-order chi connectivity index (χ1) is 10.2. The number of allylic oxidation sites excluding steroid dienone is 6. The second-order valence-corrected chi connectivity index (χ2v) is 5.57. The first-order valence-electron chi connectivity index (χ1n) is 7.34. The van der Waals surface area contributed by atoms with Crippen LogP contribution in [-0.2, 0) is 4.74 Å². The average molecular weight is 280 g/mol.